The summed E-state index contributed by atoms with van der Waals surface area (Å²) in [4.78, 5) is 2.49. The van der Waals surface area contributed by atoms with Crippen LogP contribution in [-0.4, -0.2) is 51.0 Å². The fraction of sp³-hybridized carbons (Fsp3) is 0.867. The molecule has 5 nitrogen and oxygen atoms in total. The van der Waals surface area contributed by atoms with Gasteiger partial charge >= 0.3 is 0 Å². The second kappa shape index (κ2) is 6.68. The van der Waals surface area contributed by atoms with E-state index in [0.717, 1.165) is 44.8 Å². The minimum absolute atomic E-state index is 0.106. The van der Waals surface area contributed by atoms with E-state index in [1.54, 1.807) is 6.33 Å². The first-order valence-electron chi connectivity index (χ1n) is 7.72. The molecule has 1 aliphatic heterocycles. The number of hydrogen-bond donors (Lipinski definition) is 1. The smallest absolute Gasteiger partial charge is 0.129 e. The van der Waals surface area contributed by atoms with E-state index in [9.17, 15) is 5.11 Å². The van der Waals surface area contributed by atoms with Gasteiger partial charge in [0.05, 0.1) is 0 Å². The maximum Gasteiger partial charge on any atom is 0.129 e. The zero-order valence-electron chi connectivity index (χ0n) is 13.0. The summed E-state index contributed by atoms with van der Waals surface area (Å²) in [6, 6.07) is 0. The average Bonchev–Trinajstić information content (AvgIpc) is 2.81. The Kier molecular flexibility index (Phi) is 5.16. The van der Waals surface area contributed by atoms with Crippen LogP contribution in [0, 0.1) is 18.3 Å². The Balaban J connectivity index is 1.91. The number of aryl methyl sites for hydroxylation is 1. The lowest BCUT2D eigenvalue weighted by atomic mass is 9.74. The quantitative estimate of drug-likeness (QED) is 0.862. The minimum atomic E-state index is 0.106. The lowest BCUT2D eigenvalue weighted by Gasteiger charge is -2.43. The summed E-state index contributed by atoms with van der Waals surface area (Å²) >= 11 is 0. The molecular formula is C15H28N4O. The third-order valence-corrected chi connectivity index (χ3v) is 4.38. The molecule has 20 heavy (non-hydrogen) atoms. The molecule has 0 aliphatic carbocycles. The van der Waals surface area contributed by atoms with Crippen molar-refractivity contribution in [2.45, 2.75) is 46.6 Å². The van der Waals surface area contributed by atoms with Gasteiger partial charge in [0.15, 0.2) is 0 Å². The van der Waals surface area contributed by atoms with Crippen LogP contribution in [-0.2, 0) is 6.54 Å². The predicted octanol–water partition coefficient (Wildman–Crippen LogP) is 1.71. The topological polar surface area (TPSA) is 54.2 Å². The minimum Gasteiger partial charge on any atom is -0.396 e. The largest absolute Gasteiger partial charge is 0.396 e. The van der Waals surface area contributed by atoms with E-state index in [4.69, 9.17) is 0 Å². The van der Waals surface area contributed by atoms with E-state index in [0.29, 0.717) is 12.5 Å². The number of likely N-dealkylation sites (tertiary alicyclic amines) is 1. The van der Waals surface area contributed by atoms with Gasteiger partial charge in [-0.2, -0.15) is 0 Å². The van der Waals surface area contributed by atoms with Gasteiger partial charge in [0.1, 0.15) is 12.2 Å². The van der Waals surface area contributed by atoms with Crippen LogP contribution >= 0.6 is 0 Å². The standard InChI is InChI=1S/C15H28N4O/c1-13(2)9-15(11-20)5-4-6-18(10-15)7-8-19-12-16-17-14(19)3/h12-13,20H,4-11H2,1-3H3. The van der Waals surface area contributed by atoms with Crippen molar-refractivity contribution in [3.63, 3.8) is 0 Å². The monoisotopic (exact) mass is 280 g/mol. The van der Waals surface area contributed by atoms with Gasteiger partial charge in [-0.05, 0) is 38.6 Å². The van der Waals surface area contributed by atoms with Gasteiger partial charge in [-0.25, -0.2) is 0 Å². The molecule has 0 amide bonds. The summed E-state index contributed by atoms with van der Waals surface area (Å²) in [5.74, 6) is 1.61. The predicted molar refractivity (Wildman–Crippen MR) is 79.4 cm³/mol. The summed E-state index contributed by atoms with van der Waals surface area (Å²) in [6.07, 6.45) is 5.26. The molecule has 0 radical (unpaired) electrons. The molecule has 1 N–H and O–H groups in total. The van der Waals surface area contributed by atoms with Crippen molar-refractivity contribution in [2.75, 3.05) is 26.2 Å². The van der Waals surface area contributed by atoms with E-state index in [1.807, 2.05) is 6.92 Å². The number of piperidine rings is 1. The SMILES string of the molecule is Cc1nncn1CCN1CCCC(CO)(CC(C)C)C1. The van der Waals surface area contributed by atoms with Crippen LogP contribution < -0.4 is 0 Å². The molecule has 1 aromatic heterocycles. The molecule has 0 aromatic carbocycles. The van der Waals surface area contributed by atoms with Gasteiger partial charge in [0, 0.05) is 31.7 Å². The van der Waals surface area contributed by atoms with E-state index in [1.165, 1.54) is 6.42 Å². The molecule has 0 saturated carbocycles. The van der Waals surface area contributed by atoms with Gasteiger partial charge < -0.3 is 14.6 Å². The van der Waals surface area contributed by atoms with Crippen LogP contribution in [0.4, 0.5) is 0 Å². The van der Waals surface area contributed by atoms with Crippen LogP contribution in [0.2, 0.25) is 0 Å². The lowest BCUT2D eigenvalue weighted by Crippen LogP contribution is -2.46. The second-order valence-corrected chi connectivity index (χ2v) is 6.71. The van der Waals surface area contributed by atoms with Gasteiger partial charge in [-0.3, -0.25) is 0 Å². The van der Waals surface area contributed by atoms with Crippen LogP contribution in [0.15, 0.2) is 6.33 Å². The van der Waals surface area contributed by atoms with Crippen molar-refractivity contribution in [2.24, 2.45) is 11.3 Å². The molecule has 1 aliphatic rings. The molecule has 0 spiro atoms. The Morgan fingerprint density at radius 2 is 2.20 bits per heavy atom. The summed E-state index contributed by atoms with van der Waals surface area (Å²) in [7, 11) is 0. The number of nitrogens with zero attached hydrogens (tertiary/aromatic N) is 4. The molecule has 114 valence electrons. The number of rotatable bonds is 6. The highest BCUT2D eigenvalue weighted by atomic mass is 16.3. The molecule has 2 heterocycles. The van der Waals surface area contributed by atoms with Crippen molar-refractivity contribution in [3.05, 3.63) is 12.2 Å². The zero-order chi connectivity index (χ0) is 14.6. The van der Waals surface area contributed by atoms with Crippen molar-refractivity contribution in [1.29, 1.82) is 0 Å². The first-order valence-corrected chi connectivity index (χ1v) is 7.72. The molecule has 1 aromatic rings. The molecule has 1 unspecified atom stereocenters. The highest BCUT2D eigenvalue weighted by molar-refractivity contribution is 4.88. The Morgan fingerprint density at radius 3 is 2.80 bits per heavy atom. The molecule has 2 rings (SSSR count). The van der Waals surface area contributed by atoms with Crippen molar-refractivity contribution in [1.82, 2.24) is 19.7 Å². The van der Waals surface area contributed by atoms with E-state index in [-0.39, 0.29) is 5.41 Å². The Hall–Kier alpha value is -0.940. The highest BCUT2D eigenvalue weighted by Crippen LogP contribution is 2.35. The van der Waals surface area contributed by atoms with Crippen LogP contribution in [0.5, 0.6) is 0 Å². The third kappa shape index (κ3) is 3.79. The average molecular weight is 280 g/mol. The molecule has 1 atom stereocenters. The molecule has 0 bridgehead atoms. The van der Waals surface area contributed by atoms with E-state index < -0.39 is 0 Å². The Labute approximate surface area is 122 Å². The Bertz CT molecular complexity index is 418. The normalized spacial score (nSPS) is 24.4. The summed E-state index contributed by atoms with van der Waals surface area (Å²) < 4.78 is 2.09. The molecule has 5 heteroatoms. The lowest BCUT2D eigenvalue weighted by molar-refractivity contribution is 0.0152. The van der Waals surface area contributed by atoms with E-state index >= 15 is 0 Å². The number of aromatic nitrogens is 3. The van der Waals surface area contributed by atoms with Gasteiger partial charge in [0.25, 0.3) is 0 Å². The Morgan fingerprint density at radius 1 is 1.40 bits per heavy atom. The van der Waals surface area contributed by atoms with Crippen molar-refractivity contribution >= 4 is 0 Å². The second-order valence-electron chi connectivity index (χ2n) is 6.71. The number of aliphatic hydroxyl groups is 1. The van der Waals surface area contributed by atoms with Crippen LogP contribution in [0.25, 0.3) is 0 Å². The molecule has 1 saturated heterocycles. The zero-order valence-corrected chi connectivity index (χ0v) is 13.0. The van der Waals surface area contributed by atoms with Crippen molar-refractivity contribution in [3.8, 4) is 0 Å². The highest BCUT2D eigenvalue weighted by Gasteiger charge is 2.35. The first kappa shape index (κ1) is 15.4. The number of aliphatic hydroxyl groups excluding tert-OH is 1. The van der Waals surface area contributed by atoms with E-state index in [2.05, 4.69) is 33.5 Å². The van der Waals surface area contributed by atoms with Gasteiger partial charge in [-0.1, -0.05) is 13.8 Å². The van der Waals surface area contributed by atoms with Gasteiger partial charge in [0.2, 0.25) is 0 Å². The fourth-order valence-corrected chi connectivity index (χ4v) is 3.51. The summed E-state index contributed by atoms with van der Waals surface area (Å²) in [6.45, 7) is 10.9. The van der Waals surface area contributed by atoms with Gasteiger partial charge in [-0.15, -0.1) is 10.2 Å². The maximum absolute atomic E-state index is 9.85. The van der Waals surface area contributed by atoms with Crippen LogP contribution in [0.3, 0.4) is 0 Å². The third-order valence-electron chi connectivity index (χ3n) is 4.38. The molecular weight excluding hydrogens is 252 g/mol. The van der Waals surface area contributed by atoms with Crippen LogP contribution in [0.1, 0.15) is 38.9 Å². The fourth-order valence-electron chi connectivity index (χ4n) is 3.51. The summed E-state index contributed by atoms with van der Waals surface area (Å²) in [5, 5.41) is 17.8. The van der Waals surface area contributed by atoms with Crippen molar-refractivity contribution < 1.29 is 5.11 Å². The number of hydrogen-bond acceptors (Lipinski definition) is 4. The molecule has 1 fully saturated rings. The first-order chi connectivity index (χ1) is 9.54. The summed E-state index contributed by atoms with van der Waals surface area (Å²) in [5.41, 5.74) is 0.106. The maximum atomic E-state index is 9.85.